The van der Waals surface area contributed by atoms with Crippen LogP contribution in [0.1, 0.15) is 12.8 Å². The summed E-state index contributed by atoms with van der Waals surface area (Å²) >= 11 is 0. The van der Waals surface area contributed by atoms with Crippen LogP contribution in [0.2, 0.25) is 0 Å². The number of allylic oxidation sites excluding steroid dienone is 1. The lowest BCUT2D eigenvalue weighted by Crippen LogP contribution is -2.43. The Morgan fingerprint density at radius 2 is 2.15 bits per heavy atom. The van der Waals surface area contributed by atoms with Crippen molar-refractivity contribution in [2.24, 2.45) is 11.8 Å². The van der Waals surface area contributed by atoms with Gasteiger partial charge in [0.15, 0.2) is 0 Å². The number of carbonyl (C=O) groups is 1. The van der Waals surface area contributed by atoms with Gasteiger partial charge in [0.05, 0.1) is 0 Å². The van der Waals surface area contributed by atoms with Crippen LogP contribution in [-0.2, 0) is 0 Å². The third-order valence-electron chi connectivity index (χ3n) is 2.99. The molecule has 0 spiro atoms. The normalized spacial score (nSPS) is 35.1. The van der Waals surface area contributed by atoms with E-state index in [-0.39, 0.29) is 6.03 Å². The van der Waals surface area contributed by atoms with Crippen molar-refractivity contribution in [2.75, 3.05) is 14.1 Å². The second-order valence-electron chi connectivity index (χ2n) is 4.23. The maximum atomic E-state index is 11.4. The van der Waals surface area contributed by atoms with Crippen molar-refractivity contribution < 1.29 is 4.79 Å². The molecule has 2 aliphatic carbocycles. The Morgan fingerprint density at radius 3 is 2.62 bits per heavy atom. The van der Waals surface area contributed by atoms with Crippen molar-refractivity contribution >= 4 is 6.03 Å². The van der Waals surface area contributed by atoms with Crippen LogP contribution in [0.4, 0.5) is 4.79 Å². The number of nitrogens with one attached hydrogen (secondary N) is 1. The van der Waals surface area contributed by atoms with Crippen molar-refractivity contribution in [2.45, 2.75) is 18.9 Å². The smallest absolute Gasteiger partial charge is 0.317 e. The van der Waals surface area contributed by atoms with Crippen molar-refractivity contribution in [1.29, 1.82) is 0 Å². The minimum absolute atomic E-state index is 0.0333. The fourth-order valence-corrected chi connectivity index (χ4v) is 2.23. The molecule has 1 fully saturated rings. The van der Waals surface area contributed by atoms with Crippen molar-refractivity contribution in [3.05, 3.63) is 12.2 Å². The topological polar surface area (TPSA) is 32.3 Å². The van der Waals surface area contributed by atoms with Gasteiger partial charge in [0, 0.05) is 20.1 Å². The summed E-state index contributed by atoms with van der Waals surface area (Å²) in [6.07, 6.45) is 6.89. The van der Waals surface area contributed by atoms with Crippen LogP contribution < -0.4 is 5.32 Å². The fraction of sp³-hybridized carbons (Fsp3) is 0.700. The largest absolute Gasteiger partial charge is 0.335 e. The highest BCUT2D eigenvalue weighted by molar-refractivity contribution is 5.74. The number of hydrogen-bond acceptors (Lipinski definition) is 1. The summed E-state index contributed by atoms with van der Waals surface area (Å²) < 4.78 is 0. The summed E-state index contributed by atoms with van der Waals surface area (Å²) in [5, 5.41) is 3.05. The molecule has 3 atom stereocenters. The summed E-state index contributed by atoms with van der Waals surface area (Å²) in [6.45, 7) is 0. The average Bonchev–Trinajstić information content (AvgIpc) is 2.64. The van der Waals surface area contributed by atoms with Gasteiger partial charge in [-0.2, -0.15) is 0 Å². The first-order valence-corrected chi connectivity index (χ1v) is 4.83. The van der Waals surface area contributed by atoms with Gasteiger partial charge < -0.3 is 10.2 Å². The van der Waals surface area contributed by atoms with E-state index in [4.69, 9.17) is 0 Å². The number of carbonyl (C=O) groups excluding carboxylic acids is 1. The lowest BCUT2D eigenvalue weighted by atomic mass is 10.0. The molecule has 1 N–H and O–H groups in total. The molecule has 2 bridgehead atoms. The molecule has 2 amide bonds. The van der Waals surface area contributed by atoms with Gasteiger partial charge in [-0.1, -0.05) is 12.2 Å². The molecular weight excluding hydrogens is 164 g/mol. The van der Waals surface area contributed by atoms with Crippen LogP contribution in [0.15, 0.2) is 12.2 Å². The molecule has 72 valence electrons. The minimum atomic E-state index is 0.0333. The highest BCUT2D eigenvalue weighted by atomic mass is 16.2. The zero-order chi connectivity index (χ0) is 9.42. The molecule has 0 radical (unpaired) electrons. The zero-order valence-electron chi connectivity index (χ0n) is 8.16. The molecule has 3 unspecified atom stereocenters. The van der Waals surface area contributed by atoms with Gasteiger partial charge in [0.1, 0.15) is 0 Å². The van der Waals surface area contributed by atoms with Gasteiger partial charge in [-0.3, -0.25) is 0 Å². The van der Waals surface area contributed by atoms with Gasteiger partial charge in [0.2, 0.25) is 0 Å². The summed E-state index contributed by atoms with van der Waals surface area (Å²) in [4.78, 5) is 13.0. The minimum Gasteiger partial charge on any atom is -0.335 e. The van der Waals surface area contributed by atoms with Gasteiger partial charge in [-0.15, -0.1) is 0 Å². The Hall–Kier alpha value is -0.990. The van der Waals surface area contributed by atoms with Crippen LogP contribution in [0, 0.1) is 11.8 Å². The van der Waals surface area contributed by atoms with E-state index in [1.165, 1.54) is 6.42 Å². The van der Waals surface area contributed by atoms with E-state index in [1.54, 1.807) is 19.0 Å². The van der Waals surface area contributed by atoms with Crippen LogP contribution >= 0.6 is 0 Å². The Labute approximate surface area is 78.8 Å². The predicted molar refractivity (Wildman–Crippen MR) is 51.4 cm³/mol. The number of fused-ring (bicyclic) bond motifs is 2. The van der Waals surface area contributed by atoms with Crippen molar-refractivity contribution in [3.8, 4) is 0 Å². The predicted octanol–water partition coefficient (Wildman–Crippen LogP) is 1.22. The van der Waals surface area contributed by atoms with Crippen LogP contribution in [0.3, 0.4) is 0 Å². The second-order valence-corrected chi connectivity index (χ2v) is 4.23. The Morgan fingerprint density at radius 1 is 1.38 bits per heavy atom. The fourth-order valence-electron chi connectivity index (χ4n) is 2.23. The molecule has 2 rings (SSSR count). The second kappa shape index (κ2) is 3.05. The molecule has 2 aliphatic rings. The quantitative estimate of drug-likeness (QED) is 0.605. The first kappa shape index (κ1) is 8.60. The van der Waals surface area contributed by atoms with Crippen molar-refractivity contribution in [3.63, 3.8) is 0 Å². The number of nitrogens with zero attached hydrogens (tertiary/aromatic N) is 1. The van der Waals surface area contributed by atoms with Gasteiger partial charge in [-0.05, 0) is 24.7 Å². The number of urea groups is 1. The Kier molecular flexibility index (Phi) is 2.02. The maximum Gasteiger partial charge on any atom is 0.317 e. The Bertz CT molecular complexity index is 247. The zero-order valence-corrected chi connectivity index (χ0v) is 8.16. The molecule has 0 aromatic carbocycles. The molecule has 0 aliphatic heterocycles. The van der Waals surface area contributed by atoms with E-state index in [2.05, 4.69) is 17.5 Å². The van der Waals surface area contributed by atoms with Gasteiger partial charge in [0.25, 0.3) is 0 Å². The monoisotopic (exact) mass is 180 g/mol. The molecular formula is C10H16N2O. The molecule has 0 aromatic heterocycles. The molecule has 1 saturated carbocycles. The van der Waals surface area contributed by atoms with E-state index >= 15 is 0 Å². The first-order chi connectivity index (χ1) is 6.16. The number of rotatable bonds is 1. The molecule has 3 nitrogen and oxygen atoms in total. The van der Waals surface area contributed by atoms with Crippen LogP contribution in [0.25, 0.3) is 0 Å². The van der Waals surface area contributed by atoms with Crippen molar-refractivity contribution in [1.82, 2.24) is 10.2 Å². The molecule has 13 heavy (non-hydrogen) atoms. The molecule has 0 aromatic rings. The van der Waals surface area contributed by atoms with Gasteiger partial charge >= 0.3 is 6.03 Å². The standard InChI is InChI=1S/C10H16N2O/c1-12(2)10(13)11-9-6-7-3-4-8(9)5-7/h3-4,7-9H,5-6H2,1-2H3,(H,11,13). The third-order valence-corrected chi connectivity index (χ3v) is 2.99. The molecule has 3 heteroatoms. The number of amides is 2. The van der Waals surface area contributed by atoms with Gasteiger partial charge in [-0.25, -0.2) is 4.79 Å². The third kappa shape index (κ3) is 1.55. The van der Waals surface area contributed by atoms with E-state index in [9.17, 15) is 4.79 Å². The van der Waals surface area contributed by atoms with E-state index in [0.717, 1.165) is 12.3 Å². The SMILES string of the molecule is CN(C)C(=O)NC1CC2C=CC1C2. The lowest BCUT2D eigenvalue weighted by molar-refractivity contribution is 0.211. The molecule has 0 saturated heterocycles. The first-order valence-electron chi connectivity index (χ1n) is 4.83. The summed E-state index contributed by atoms with van der Waals surface area (Å²) in [7, 11) is 3.55. The lowest BCUT2D eigenvalue weighted by Gasteiger charge is -2.22. The highest BCUT2D eigenvalue weighted by Gasteiger charge is 2.36. The van der Waals surface area contributed by atoms with Crippen LogP contribution in [0.5, 0.6) is 0 Å². The maximum absolute atomic E-state index is 11.4. The summed E-state index contributed by atoms with van der Waals surface area (Å²) in [5.41, 5.74) is 0. The van der Waals surface area contributed by atoms with E-state index in [0.29, 0.717) is 12.0 Å². The molecule has 0 heterocycles. The van der Waals surface area contributed by atoms with Crippen LogP contribution in [-0.4, -0.2) is 31.1 Å². The average molecular weight is 180 g/mol. The highest BCUT2D eigenvalue weighted by Crippen LogP contribution is 2.38. The van der Waals surface area contributed by atoms with E-state index in [1.807, 2.05) is 0 Å². The number of hydrogen-bond donors (Lipinski definition) is 1. The van der Waals surface area contributed by atoms with E-state index < -0.39 is 0 Å². The summed E-state index contributed by atoms with van der Waals surface area (Å²) in [5.74, 6) is 1.31. The summed E-state index contributed by atoms with van der Waals surface area (Å²) in [6, 6.07) is 0.413. The Balaban J connectivity index is 1.90.